The van der Waals surface area contributed by atoms with E-state index in [-0.39, 0.29) is 11.3 Å². The molecule has 3 rings (SSSR count). The van der Waals surface area contributed by atoms with Gasteiger partial charge in [-0.3, -0.25) is 9.59 Å². The summed E-state index contributed by atoms with van der Waals surface area (Å²) in [5.74, 6) is -0.710. The van der Waals surface area contributed by atoms with E-state index >= 15 is 0 Å². The van der Waals surface area contributed by atoms with Gasteiger partial charge in [-0.05, 0) is 36.2 Å². The standard InChI is InChI=1S/C22H22BrNO4/c1-3-4-13-24-19(14-7-11-17(28-2)12-8-14)18(21(26)22(24)27)20(25)15-5-9-16(23)10-6-15/h5-12,19,25H,3-4,13H2,1-2H3/b20-18-. The minimum atomic E-state index is -0.655. The monoisotopic (exact) mass is 443 g/mol. The fourth-order valence-electron chi connectivity index (χ4n) is 3.34. The number of methoxy groups -OCH3 is 1. The molecule has 1 aliphatic rings. The zero-order valence-corrected chi connectivity index (χ0v) is 17.4. The molecule has 0 aromatic heterocycles. The summed E-state index contributed by atoms with van der Waals surface area (Å²) in [6.45, 7) is 2.48. The number of aliphatic hydroxyl groups is 1. The van der Waals surface area contributed by atoms with E-state index in [0.29, 0.717) is 17.9 Å². The van der Waals surface area contributed by atoms with Gasteiger partial charge in [0, 0.05) is 16.6 Å². The maximum absolute atomic E-state index is 12.8. The summed E-state index contributed by atoms with van der Waals surface area (Å²) in [5.41, 5.74) is 1.37. The first-order valence-corrected chi connectivity index (χ1v) is 9.95. The number of hydrogen-bond acceptors (Lipinski definition) is 4. The van der Waals surface area contributed by atoms with Crippen LogP contribution in [0.3, 0.4) is 0 Å². The molecule has 1 unspecified atom stereocenters. The summed E-state index contributed by atoms with van der Waals surface area (Å²) in [5, 5.41) is 10.9. The zero-order valence-electron chi connectivity index (χ0n) is 15.8. The molecule has 2 aromatic carbocycles. The van der Waals surface area contributed by atoms with Crippen molar-refractivity contribution in [3.8, 4) is 5.75 Å². The average molecular weight is 444 g/mol. The molecule has 0 spiro atoms. The molecule has 0 bridgehead atoms. The molecule has 6 heteroatoms. The molecular weight excluding hydrogens is 422 g/mol. The van der Waals surface area contributed by atoms with Crippen molar-refractivity contribution in [2.45, 2.75) is 25.8 Å². The van der Waals surface area contributed by atoms with Crippen LogP contribution in [0.15, 0.2) is 58.6 Å². The van der Waals surface area contributed by atoms with Gasteiger partial charge in [0.2, 0.25) is 0 Å². The maximum Gasteiger partial charge on any atom is 0.295 e. The average Bonchev–Trinajstić information content (AvgIpc) is 2.97. The summed E-state index contributed by atoms with van der Waals surface area (Å²) in [7, 11) is 1.58. The van der Waals surface area contributed by atoms with Gasteiger partial charge in [0.1, 0.15) is 11.5 Å². The third kappa shape index (κ3) is 3.83. The lowest BCUT2D eigenvalue weighted by molar-refractivity contribution is -0.139. The molecule has 1 heterocycles. The van der Waals surface area contributed by atoms with Crippen molar-refractivity contribution >= 4 is 33.4 Å². The highest BCUT2D eigenvalue weighted by molar-refractivity contribution is 9.10. The summed E-state index contributed by atoms with van der Waals surface area (Å²) in [4.78, 5) is 27.1. The minimum Gasteiger partial charge on any atom is -0.507 e. The molecule has 1 atom stereocenters. The Bertz CT molecular complexity index is 903. The molecule has 1 amide bonds. The Morgan fingerprint density at radius 1 is 1.11 bits per heavy atom. The van der Waals surface area contributed by atoms with Crippen LogP contribution in [0.5, 0.6) is 5.75 Å². The Kier molecular flexibility index (Phi) is 6.19. The number of ketones is 1. The van der Waals surface area contributed by atoms with E-state index in [0.717, 1.165) is 22.9 Å². The van der Waals surface area contributed by atoms with Crippen molar-refractivity contribution in [1.29, 1.82) is 0 Å². The summed E-state index contributed by atoms with van der Waals surface area (Å²) < 4.78 is 6.07. The number of ether oxygens (including phenoxy) is 1. The van der Waals surface area contributed by atoms with Crippen LogP contribution in [-0.2, 0) is 9.59 Å². The molecular formula is C22H22BrNO4. The van der Waals surface area contributed by atoms with E-state index in [4.69, 9.17) is 4.74 Å². The molecule has 1 N–H and O–H groups in total. The van der Waals surface area contributed by atoms with Crippen molar-refractivity contribution in [2.75, 3.05) is 13.7 Å². The number of likely N-dealkylation sites (tertiary alicyclic amines) is 1. The van der Waals surface area contributed by atoms with Gasteiger partial charge in [-0.15, -0.1) is 0 Å². The number of carbonyl (C=O) groups excluding carboxylic acids is 2. The Morgan fingerprint density at radius 2 is 1.75 bits per heavy atom. The molecule has 146 valence electrons. The molecule has 0 radical (unpaired) electrons. The van der Waals surface area contributed by atoms with Gasteiger partial charge in [0.05, 0.1) is 18.7 Å². The van der Waals surface area contributed by atoms with Crippen molar-refractivity contribution in [2.24, 2.45) is 0 Å². The van der Waals surface area contributed by atoms with Crippen LogP contribution < -0.4 is 4.74 Å². The first-order valence-electron chi connectivity index (χ1n) is 9.16. The third-order valence-corrected chi connectivity index (χ3v) is 5.37. The van der Waals surface area contributed by atoms with Crippen molar-refractivity contribution in [1.82, 2.24) is 4.90 Å². The van der Waals surface area contributed by atoms with Crippen LogP contribution in [0.2, 0.25) is 0 Å². The van der Waals surface area contributed by atoms with Crippen LogP contribution in [-0.4, -0.2) is 35.4 Å². The second-order valence-corrected chi connectivity index (χ2v) is 7.54. The molecule has 2 aromatic rings. The third-order valence-electron chi connectivity index (χ3n) is 4.84. The number of aliphatic hydroxyl groups excluding tert-OH is 1. The van der Waals surface area contributed by atoms with E-state index in [9.17, 15) is 14.7 Å². The van der Waals surface area contributed by atoms with E-state index in [2.05, 4.69) is 15.9 Å². The number of halogens is 1. The Balaban J connectivity index is 2.13. The van der Waals surface area contributed by atoms with Crippen molar-refractivity contribution < 1.29 is 19.4 Å². The normalized spacial score (nSPS) is 18.5. The van der Waals surface area contributed by atoms with Crippen LogP contribution in [0.4, 0.5) is 0 Å². The van der Waals surface area contributed by atoms with Gasteiger partial charge < -0.3 is 14.7 Å². The SMILES string of the molecule is CCCCN1C(=O)C(=O)/C(=C(\O)c2ccc(Br)cc2)C1c1ccc(OC)cc1. The predicted molar refractivity (Wildman–Crippen MR) is 111 cm³/mol. The van der Waals surface area contributed by atoms with Crippen LogP contribution in [0, 0.1) is 0 Å². The zero-order chi connectivity index (χ0) is 20.3. The van der Waals surface area contributed by atoms with Gasteiger partial charge in [0.25, 0.3) is 11.7 Å². The highest BCUT2D eigenvalue weighted by atomic mass is 79.9. The smallest absolute Gasteiger partial charge is 0.295 e. The molecule has 1 aliphatic heterocycles. The van der Waals surface area contributed by atoms with Crippen LogP contribution >= 0.6 is 15.9 Å². The van der Waals surface area contributed by atoms with Gasteiger partial charge in [-0.1, -0.05) is 53.5 Å². The van der Waals surface area contributed by atoms with E-state index in [1.165, 1.54) is 0 Å². The second-order valence-electron chi connectivity index (χ2n) is 6.63. The Morgan fingerprint density at radius 3 is 2.32 bits per heavy atom. The lowest BCUT2D eigenvalue weighted by Crippen LogP contribution is -2.30. The number of amides is 1. The number of rotatable bonds is 6. The molecule has 28 heavy (non-hydrogen) atoms. The number of benzene rings is 2. The summed E-state index contributed by atoms with van der Waals surface area (Å²) >= 11 is 3.36. The molecule has 5 nitrogen and oxygen atoms in total. The fraction of sp³-hybridized carbons (Fsp3) is 0.273. The maximum atomic E-state index is 12.8. The second kappa shape index (κ2) is 8.61. The predicted octanol–water partition coefficient (Wildman–Crippen LogP) is 4.68. The Labute approximate surface area is 172 Å². The highest BCUT2D eigenvalue weighted by Gasteiger charge is 2.45. The van der Waals surface area contributed by atoms with Crippen molar-refractivity contribution in [3.05, 3.63) is 69.7 Å². The topological polar surface area (TPSA) is 66.8 Å². The molecule has 1 fully saturated rings. The van der Waals surface area contributed by atoms with E-state index < -0.39 is 17.7 Å². The quantitative estimate of drug-likeness (QED) is 0.399. The van der Waals surface area contributed by atoms with Gasteiger partial charge in [-0.25, -0.2) is 0 Å². The summed E-state index contributed by atoms with van der Waals surface area (Å²) in [6, 6.07) is 13.6. The number of unbranched alkanes of at least 4 members (excludes halogenated alkanes) is 1. The number of Topliss-reactive ketones (excluding diaryl/α,β-unsaturated/α-hetero) is 1. The molecule has 1 saturated heterocycles. The highest BCUT2D eigenvalue weighted by Crippen LogP contribution is 2.40. The first kappa shape index (κ1) is 20.1. The van der Waals surface area contributed by atoms with E-state index in [1.807, 2.05) is 19.1 Å². The lowest BCUT2D eigenvalue weighted by Gasteiger charge is -2.25. The van der Waals surface area contributed by atoms with E-state index in [1.54, 1.807) is 48.4 Å². The fourth-order valence-corrected chi connectivity index (χ4v) is 3.60. The molecule has 0 saturated carbocycles. The minimum absolute atomic E-state index is 0.119. The van der Waals surface area contributed by atoms with Gasteiger partial charge in [-0.2, -0.15) is 0 Å². The summed E-state index contributed by atoms with van der Waals surface area (Å²) in [6.07, 6.45) is 1.67. The van der Waals surface area contributed by atoms with Gasteiger partial charge in [0.15, 0.2) is 0 Å². The largest absolute Gasteiger partial charge is 0.507 e. The number of hydrogen-bond donors (Lipinski definition) is 1. The Hall–Kier alpha value is -2.60. The number of carbonyl (C=O) groups is 2. The lowest BCUT2D eigenvalue weighted by atomic mass is 9.95. The van der Waals surface area contributed by atoms with Crippen LogP contribution in [0.25, 0.3) is 5.76 Å². The van der Waals surface area contributed by atoms with Crippen LogP contribution in [0.1, 0.15) is 36.9 Å². The van der Waals surface area contributed by atoms with Gasteiger partial charge >= 0.3 is 0 Å². The first-order chi connectivity index (χ1) is 13.5. The number of nitrogens with zero attached hydrogens (tertiary/aromatic N) is 1. The molecule has 0 aliphatic carbocycles. The van der Waals surface area contributed by atoms with Crippen molar-refractivity contribution in [3.63, 3.8) is 0 Å².